The van der Waals surface area contributed by atoms with Crippen LogP contribution in [0, 0.1) is 13.8 Å². The molecule has 0 radical (unpaired) electrons. The standard InChI is InChI=1S/C26H21NO6/c1-15-10-11-16(2)21(12-15)32-14-23(29)33-13-22(28)27-20-9-5-8-19-24(20)26(31)18-7-4-3-6-17(18)25(19)30/h3-12H,13-14H2,1-2H3,(H,27,28). The molecule has 3 aromatic carbocycles. The molecular weight excluding hydrogens is 422 g/mol. The minimum atomic E-state index is -0.707. The summed E-state index contributed by atoms with van der Waals surface area (Å²) in [5.41, 5.74) is 3.01. The van der Waals surface area contributed by atoms with Crippen LogP contribution in [0.25, 0.3) is 0 Å². The van der Waals surface area contributed by atoms with Crippen molar-refractivity contribution in [3.63, 3.8) is 0 Å². The molecule has 0 aliphatic heterocycles. The highest BCUT2D eigenvalue weighted by atomic mass is 16.6. The Morgan fingerprint density at radius 1 is 0.818 bits per heavy atom. The van der Waals surface area contributed by atoms with Gasteiger partial charge in [-0.2, -0.15) is 0 Å². The van der Waals surface area contributed by atoms with Gasteiger partial charge in [-0.05, 0) is 37.1 Å². The van der Waals surface area contributed by atoms with E-state index in [0.717, 1.165) is 11.1 Å². The number of nitrogens with one attached hydrogen (secondary N) is 1. The molecule has 4 rings (SSSR count). The Labute approximate surface area is 190 Å². The number of carbonyl (C=O) groups is 4. The summed E-state index contributed by atoms with van der Waals surface area (Å²) in [5.74, 6) is -1.42. The van der Waals surface area contributed by atoms with Crippen molar-refractivity contribution in [1.29, 1.82) is 0 Å². The van der Waals surface area contributed by atoms with Gasteiger partial charge >= 0.3 is 5.97 Å². The molecule has 1 aliphatic carbocycles. The Morgan fingerprint density at radius 3 is 2.27 bits per heavy atom. The van der Waals surface area contributed by atoms with Crippen molar-refractivity contribution >= 4 is 29.1 Å². The van der Waals surface area contributed by atoms with Gasteiger partial charge in [-0.1, -0.05) is 48.5 Å². The normalized spacial score (nSPS) is 11.9. The smallest absolute Gasteiger partial charge is 0.344 e. The third kappa shape index (κ3) is 4.52. The van der Waals surface area contributed by atoms with Gasteiger partial charge in [0, 0.05) is 16.7 Å². The number of ketones is 2. The Bertz CT molecular complexity index is 1290. The van der Waals surface area contributed by atoms with Crippen LogP contribution in [0.5, 0.6) is 5.75 Å². The zero-order valence-electron chi connectivity index (χ0n) is 18.1. The molecule has 0 unspecified atom stereocenters. The maximum absolute atomic E-state index is 13.0. The highest BCUT2D eigenvalue weighted by Crippen LogP contribution is 2.31. The van der Waals surface area contributed by atoms with E-state index in [-0.39, 0.29) is 40.6 Å². The molecule has 0 saturated carbocycles. The summed E-state index contributed by atoms with van der Waals surface area (Å²) >= 11 is 0. The molecular formula is C26H21NO6. The minimum absolute atomic E-state index is 0.124. The molecule has 0 fully saturated rings. The van der Waals surface area contributed by atoms with Crippen molar-refractivity contribution < 1.29 is 28.7 Å². The van der Waals surface area contributed by atoms with Crippen molar-refractivity contribution in [3.8, 4) is 5.75 Å². The fraction of sp³-hybridized carbons (Fsp3) is 0.154. The number of ether oxygens (including phenoxy) is 2. The summed E-state index contributed by atoms with van der Waals surface area (Å²) in [4.78, 5) is 50.2. The maximum atomic E-state index is 13.0. The number of anilines is 1. The quantitative estimate of drug-likeness (QED) is 0.457. The predicted molar refractivity (Wildman–Crippen MR) is 121 cm³/mol. The lowest BCUT2D eigenvalue weighted by molar-refractivity contribution is -0.149. The lowest BCUT2D eigenvalue weighted by Gasteiger charge is -2.20. The molecule has 0 aromatic heterocycles. The van der Waals surface area contributed by atoms with Gasteiger partial charge in [0.05, 0.1) is 11.3 Å². The molecule has 7 nitrogen and oxygen atoms in total. The van der Waals surface area contributed by atoms with Crippen LogP contribution in [0.3, 0.4) is 0 Å². The molecule has 1 amide bonds. The highest BCUT2D eigenvalue weighted by molar-refractivity contribution is 6.30. The van der Waals surface area contributed by atoms with E-state index >= 15 is 0 Å². The first-order valence-electron chi connectivity index (χ1n) is 10.3. The van der Waals surface area contributed by atoms with Gasteiger partial charge in [0.15, 0.2) is 24.8 Å². The molecule has 0 saturated heterocycles. The van der Waals surface area contributed by atoms with Gasteiger partial charge in [-0.15, -0.1) is 0 Å². The average molecular weight is 443 g/mol. The second kappa shape index (κ2) is 9.08. The number of esters is 1. The van der Waals surface area contributed by atoms with E-state index in [1.807, 2.05) is 32.0 Å². The fourth-order valence-corrected chi connectivity index (χ4v) is 3.62. The highest BCUT2D eigenvalue weighted by Gasteiger charge is 2.31. The molecule has 0 bridgehead atoms. The summed E-state index contributed by atoms with van der Waals surface area (Å²) < 4.78 is 10.5. The van der Waals surface area contributed by atoms with Crippen LogP contribution in [0.2, 0.25) is 0 Å². The lowest BCUT2D eigenvalue weighted by Crippen LogP contribution is -2.27. The summed E-state index contributed by atoms with van der Waals surface area (Å²) in [6, 6.07) is 16.8. The van der Waals surface area contributed by atoms with Crippen LogP contribution < -0.4 is 10.1 Å². The van der Waals surface area contributed by atoms with E-state index in [9.17, 15) is 19.2 Å². The van der Waals surface area contributed by atoms with Gasteiger partial charge in [0.25, 0.3) is 5.91 Å². The Balaban J connectivity index is 1.40. The first-order chi connectivity index (χ1) is 15.8. The number of hydrogen-bond acceptors (Lipinski definition) is 6. The molecule has 0 atom stereocenters. The molecule has 33 heavy (non-hydrogen) atoms. The van der Waals surface area contributed by atoms with Crippen LogP contribution in [0.15, 0.2) is 60.7 Å². The summed E-state index contributed by atoms with van der Waals surface area (Å²) in [5, 5.41) is 2.57. The van der Waals surface area contributed by atoms with Gasteiger partial charge in [0.1, 0.15) is 5.75 Å². The molecule has 3 aromatic rings. The van der Waals surface area contributed by atoms with Crippen molar-refractivity contribution in [2.24, 2.45) is 0 Å². The van der Waals surface area contributed by atoms with E-state index in [2.05, 4.69) is 5.32 Å². The summed E-state index contributed by atoms with van der Waals surface area (Å²) in [6.45, 7) is 2.87. The monoisotopic (exact) mass is 443 g/mol. The lowest BCUT2D eigenvalue weighted by atomic mass is 9.83. The molecule has 1 N–H and O–H groups in total. The van der Waals surface area contributed by atoms with Crippen LogP contribution >= 0.6 is 0 Å². The topological polar surface area (TPSA) is 98.8 Å². The van der Waals surface area contributed by atoms with Crippen LogP contribution in [-0.4, -0.2) is 36.7 Å². The number of rotatable bonds is 6. The Kier molecular flexibility index (Phi) is 6.04. The SMILES string of the molecule is Cc1ccc(C)c(OCC(=O)OCC(=O)Nc2cccc3c2C(=O)c2ccccc2C3=O)c1. The van der Waals surface area contributed by atoms with Crippen molar-refractivity contribution in [1.82, 2.24) is 0 Å². The average Bonchev–Trinajstić information content (AvgIpc) is 2.81. The Hall–Kier alpha value is -4.26. The van der Waals surface area contributed by atoms with Gasteiger partial charge in [-0.25, -0.2) is 4.79 Å². The summed E-state index contributed by atoms with van der Waals surface area (Å²) in [6.07, 6.45) is 0. The Morgan fingerprint density at radius 2 is 1.52 bits per heavy atom. The molecule has 7 heteroatoms. The van der Waals surface area contributed by atoms with Crippen molar-refractivity contribution in [2.75, 3.05) is 18.5 Å². The van der Waals surface area contributed by atoms with Crippen molar-refractivity contribution in [2.45, 2.75) is 13.8 Å². The molecule has 166 valence electrons. The van der Waals surface area contributed by atoms with E-state index in [4.69, 9.17) is 9.47 Å². The molecule has 1 aliphatic rings. The third-order valence-corrected chi connectivity index (χ3v) is 5.28. The molecule has 0 heterocycles. The number of fused-ring (bicyclic) bond motifs is 2. The summed E-state index contributed by atoms with van der Waals surface area (Å²) in [7, 11) is 0. The van der Waals surface area contributed by atoms with Gasteiger partial charge in [0.2, 0.25) is 0 Å². The van der Waals surface area contributed by atoms with Gasteiger partial charge in [-0.3, -0.25) is 14.4 Å². The predicted octanol–water partition coefficient (Wildman–Crippen LogP) is 3.64. The first kappa shape index (κ1) is 22.0. The second-order valence-electron chi connectivity index (χ2n) is 7.70. The van der Waals surface area contributed by atoms with E-state index < -0.39 is 18.5 Å². The molecule has 0 spiro atoms. The van der Waals surface area contributed by atoms with E-state index in [0.29, 0.717) is 11.3 Å². The second-order valence-corrected chi connectivity index (χ2v) is 7.70. The first-order valence-corrected chi connectivity index (χ1v) is 10.3. The van der Waals surface area contributed by atoms with Crippen LogP contribution in [0.1, 0.15) is 43.0 Å². The number of benzene rings is 3. The zero-order chi connectivity index (χ0) is 23.5. The number of carbonyl (C=O) groups excluding carboxylic acids is 4. The number of amides is 1. The maximum Gasteiger partial charge on any atom is 0.344 e. The fourth-order valence-electron chi connectivity index (χ4n) is 3.62. The number of hydrogen-bond donors (Lipinski definition) is 1. The third-order valence-electron chi connectivity index (χ3n) is 5.28. The number of aryl methyl sites for hydroxylation is 2. The van der Waals surface area contributed by atoms with E-state index in [1.54, 1.807) is 36.4 Å². The van der Waals surface area contributed by atoms with E-state index in [1.165, 1.54) is 6.07 Å². The minimum Gasteiger partial charge on any atom is -0.482 e. The van der Waals surface area contributed by atoms with Crippen LogP contribution in [-0.2, 0) is 14.3 Å². The van der Waals surface area contributed by atoms with Crippen molar-refractivity contribution in [3.05, 3.63) is 94.0 Å². The largest absolute Gasteiger partial charge is 0.482 e. The zero-order valence-corrected chi connectivity index (χ0v) is 18.1. The van der Waals surface area contributed by atoms with Gasteiger partial charge < -0.3 is 14.8 Å². The van der Waals surface area contributed by atoms with Crippen LogP contribution in [0.4, 0.5) is 5.69 Å².